The van der Waals surface area contributed by atoms with Gasteiger partial charge in [-0.2, -0.15) is 5.10 Å². The number of nitrogens with one attached hydrogen (secondary N) is 1. The second-order valence-electron chi connectivity index (χ2n) is 4.58. The number of aromatic nitrogens is 2. The average Bonchev–Trinajstić information content (AvgIpc) is 2.88. The Kier molecular flexibility index (Phi) is 4.41. The minimum atomic E-state index is -0.601. The number of non-ortho nitro benzene ring substituents is 1. The van der Waals surface area contributed by atoms with Crippen molar-refractivity contribution in [2.75, 3.05) is 0 Å². The predicted octanol–water partition coefficient (Wildman–Crippen LogP) is 2.11. The molecule has 1 aromatic carbocycles. The third-order valence-corrected chi connectivity index (χ3v) is 2.83. The number of hydrogen-bond acceptors (Lipinski definition) is 4. The highest BCUT2D eigenvalue weighted by Gasteiger charge is 2.10. The zero-order valence-corrected chi connectivity index (χ0v) is 11.0. The van der Waals surface area contributed by atoms with E-state index in [0.717, 1.165) is 6.07 Å². The van der Waals surface area contributed by atoms with E-state index in [1.54, 1.807) is 10.9 Å². The van der Waals surface area contributed by atoms with Gasteiger partial charge < -0.3 is 5.32 Å². The molecule has 0 aliphatic carbocycles. The van der Waals surface area contributed by atoms with Crippen LogP contribution in [-0.2, 0) is 13.1 Å². The number of nitro groups is 1. The molecule has 6 nitrogen and oxygen atoms in total. The lowest BCUT2D eigenvalue weighted by atomic mass is 10.2. The first-order chi connectivity index (χ1) is 9.54. The molecule has 2 aromatic rings. The van der Waals surface area contributed by atoms with Crippen LogP contribution in [0.3, 0.4) is 0 Å². The Morgan fingerprint density at radius 3 is 2.95 bits per heavy atom. The van der Waals surface area contributed by atoms with Gasteiger partial charge in [0.15, 0.2) is 0 Å². The van der Waals surface area contributed by atoms with Crippen LogP contribution in [0, 0.1) is 15.9 Å². The van der Waals surface area contributed by atoms with Gasteiger partial charge in [0.05, 0.1) is 17.5 Å². The van der Waals surface area contributed by atoms with Crippen molar-refractivity contribution in [3.8, 4) is 0 Å². The maximum Gasteiger partial charge on any atom is 0.272 e. The van der Waals surface area contributed by atoms with Gasteiger partial charge >= 0.3 is 0 Å². The second kappa shape index (κ2) is 6.25. The number of halogens is 1. The molecule has 106 valence electrons. The molecular formula is C13H15FN4O2. The summed E-state index contributed by atoms with van der Waals surface area (Å²) in [7, 11) is 0. The van der Waals surface area contributed by atoms with Gasteiger partial charge in [-0.05, 0) is 24.6 Å². The van der Waals surface area contributed by atoms with Crippen molar-refractivity contribution >= 4 is 5.69 Å². The molecule has 0 aliphatic heterocycles. The van der Waals surface area contributed by atoms with Gasteiger partial charge in [-0.25, -0.2) is 4.39 Å². The Labute approximate surface area is 115 Å². The summed E-state index contributed by atoms with van der Waals surface area (Å²) in [4.78, 5) is 10.1. The Morgan fingerprint density at radius 2 is 2.30 bits per heavy atom. The molecule has 0 saturated heterocycles. The molecule has 0 radical (unpaired) electrons. The Balaban J connectivity index is 1.94. The van der Waals surface area contributed by atoms with E-state index < -0.39 is 10.7 Å². The van der Waals surface area contributed by atoms with Crippen LogP contribution in [0.4, 0.5) is 10.1 Å². The van der Waals surface area contributed by atoms with E-state index >= 15 is 0 Å². The number of nitro benzene ring substituents is 1. The molecule has 1 heterocycles. The molecule has 1 N–H and O–H groups in total. The molecule has 0 amide bonds. The van der Waals surface area contributed by atoms with E-state index in [1.165, 1.54) is 12.1 Å². The molecule has 1 aromatic heterocycles. The highest BCUT2D eigenvalue weighted by molar-refractivity contribution is 5.35. The molecule has 1 unspecified atom stereocenters. The average molecular weight is 278 g/mol. The van der Waals surface area contributed by atoms with Crippen molar-refractivity contribution in [2.45, 2.75) is 26.1 Å². The summed E-state index contributed by atoms with van der Waals surface area (Å²) in [5.74, 6) is -0.601. The standard InChI is InChI=1S/C13H15FN4O2/c1-10(9-17-4-2-3-16-17)15-8-11-5-12(14)7-13(6-11)18(19)20/h2-7,10,15H,8-9H2,1H3. The quantitative estimate of drug-likeness (QED) is 0.648. The molecule has 0 spiro atoms. The molecule has 0 fully saturated rings. The fraction of sp³-hybridized carbons (Fsp3) is 0.308. The minimum absolute atomic E-state index is 0.109. The minimum Gasteiger partial charge on any atom is -0.308 e. The zero-order valence-electron chi connectivity index (χ0n) is 11.0. The fourth-order valence-corrected chi connectivity index (χ4v) is 1.89. The van der Waals surface area contributed by atoms with E-state index in [0.29, 0.717) is 18.7 Å². The maximum atomic E-state index is 13.3. The number of rotatable bonds is 6. The predicted molar refractivity (Wildman–Crippen MR) is 71.6 cm³/mol. The first-order valence-electron chi connectivity index (χ1n) is 6.19. The molecule has 0 saturated carbocycles. The van der Waals surface area contributed by atoms with Gasteiger partial charge in [-0.15, -0.1) is 0 Å². The van der Waals surface area contributed by atoms with Gasteiger partial charge in [0.2, 0.25) is 0 Å². The SMILES string of the molecule is CC(Cn1cccn1)NCc1cc(F)cc([N+](=O)[O-])c1. The van der Waals surface area contributed by atoms with Crippen molar-refractivity contribution < 1.29 is 9.31 Å². The van der Waals surface area contributed by atoms with Crippen LogP contribution < -0.4 is 5.32 Å². The van der Waals surface area contributed by atoms with Crippen molar-refractivity contribution in [3.05, 3.63) is 58.2 Å². The molecule has 0 aliphatic rings. The third kappa shape index (κ3) is 3.86. The van der Waals surface area contributed by atoms with Crippen LogP contribution >= 0.6 is 0 Å². The number of benzene rings is 1. The van der Waals surface area contributed by atoms with Gasteiger partial charge in [0.25, 0.3) is 5.69 Å². The number of nitrogens with zero attached hydrogens (tertiary/aromatic N) is 3. The maximum absolute atomic E-state index is 13.3. The van der Waals surface area contributed by atoms with E-state index in [4.69, 9.17) is 0 Å². The second-order valence-corrected chi connectivity index (χ2v) is 4.58. The van der Waals surface area contributed by atoms with Crippen LogP contribution in [0.1, 0.15) is 12.5 Å². The zero-order chi connectivity index (χ0) is 14.5. The smallest absolute Gasteiger partial charge is 0.272 e. The highest BCUT2D eigenvalue weighted by Crippen LogP contribution is 2.16. The Hall–Kier alpha value is -2.28. The van der Waals surface area contributed by atoms with Crippen molar-refractivity contribution in [1.29, 1.82) is 0 Å². The van der Waals surface area contributed by atoms with Crippen molar-refractivity contribution in [2.24, 2.45) is 0 Å². The van der Waals surface area contributed by atoms with Gasteiger partial charge in [0.1, 0.15) is 5.82 Å². The van der Waals surface area contributed by atoms with Crippen molar-refractivity contribution in [3.63, 3.8) is 0 Å². The van der Waals surface area contributed by atoms with Gasteiger partial charge in [-0.1, -0.05) is 0 Å². The lowest BCUT2D eigenvalue weighted by molar-refractivity contribution is -0.385. The summed E-state index contributed by atoms with van der Waals surface area (Å²) in [6.07, 6.45) is 3.55. The van der Waals surface area contributed by atoms with Gasteiger partial charge in [0, 0.05) is 31.0 Å². The van der Waals surface area contributed by atoms with Gasteiger partial charge in [-0.3, -0.25) is 14.8 Å². The first-order valence-corrected chi connectivity index (χ1v) is 6.19. The summed E-state index contributed by atoms with van der Waals surface area (Å²) in [5.41, 5.74) is 0.311. The monoisotopic (exact) mass is 278 g/mol. The highest BCUT2D eigenvalue weighted by atomic mass is 19.1. The third-order valence-electron chi connectivity index (χ3n) is 2.83. The fourth-order valence-electron chi connectivity index (χ4n) is 1.89. The van der Waals surface area contributed by atoms with Crippen LogP contribution in [0.2, 0.25) is 0 Å². The van der Waals surface area contributed by atoms with Crippen LogP contribution in [0.25, 0.3) is 0 Å². The van der Waals surface area contributed by atoms with Crippen LogP contribution in [0.5, 0.6) is 0 Å². The normalized spacial score (nSPS) is 12.3. The lowest BCUT2D eigenvalue weighted by Gasteiger charge is -2.13. The molecule has 0 bridgehead atoms. The van der Waals surface area contributed by atoms with E-state index in [-0.39, 0.29) is 11.7 Å². The number of hydrogen-bond donors (Lipinski definition) is 1. The molecule has 1 atom stereocenters. The summed E-state index contributed by atoms with van der Waals surface area (Å²) in [5, 5.41) is 17.9. The summed E-state index contributed by atoms with van der Waals surface area (Å²) in [6, 6.07) is 5.52. The molecular weight excluding hydrogens is 263 g/mol. The largest absolute Gasteiger partial charge is 0.308 e. The molecule has 20 heavy (non-hydrogen) atoms. The molecule has 2 rings (SSSR count). The topological polar surface area (TPSA) is 73.0 Å². The summed E-state index contributed by atoms with van der Waals surface area (Å²) in [6.45, 7) is 3.00. The molecule has 7 heteroatoms. The van der Waals surface area contributed by atoms with Crippen LogP contribution in [-0.4, -0.2) is 20.7 Å². The summed E-state index contributed by atoms with van der Waals surface area (Å²) < 4.78 is 15.1. The Bertz CT molecular complexity index is 586. The first kappa shape index (κ1) is 14.1. The van der Waals surface area contributed by atoms with E-state index in [2.05, 4.69) is 10.4 Å². The van der Waals surface area contributed by atoms with Crippen molar-refractivity contribution in [1.82, 2.24) is 15.1 Å². The lowest BCUT2D eigenvalue weighted by Crippen LogP contribution is -2.30. The van der Waals surface area contributed by atoms with E-state index in [9.17, 15) is 14.5 Å². The van der Waals surface area contributed by atoms with Crippen LogP contribution in [0.15, 0.2) is 36.7 Å². The summed E-state index contributed by atoms with van der Waals surface area (Å²) >= 11 is 0. The van der Waals surface area contributed by atoms with E-state index in [1.807, 2.05) is 19.2 Å². The Morgan fingerprint density at radius 1 is 1.50 bits per heavy atom.